The number of H-pyrrole nitrogens is 1. The third kappa shape index (κ3) is 4.77. The summed E-state index contributed by atoms with van der Waals surface area (Å²) in [5, 5.41) is 10.8. The summed E-state index contributed by atoms with van der Waals surface area (Å²) in [6.45, 7) is 7.93. The second-order valence-electron chi connectivity index (χ2n) is 8.83. The van der Waals surface area contributed by atoms with Crippen LogP contribution >= 0.6 is 0 Å². The topological polar surface area (TPSA) is 105 Å². The number of carbonyl (C=O) groups is 1. The number of fused-ring (bicyclic) bond motifs is 1. The van der Waals surface area contributed by atoms with Gasteiger partial charge in [0.2, 0.25) is 5.95 Å². The molecule has 33 heavy (non-hydrogen) atoms. The Labute approximate surface area is 189 Å². The van der Waals surface area contributed by atoms with Crippen LogP contribution in [0.15, 0.2) is 59.5 Å². The fraction of sp³-hybridized carbons (Fsp3) is 0.250. The van der Waals surface area contributed by atoms with E-state index in [1.54, 1.807) is 16.8 Å². The molecule has 1 atom stereocenters. The minimum atomic E-state index is -0.393. The number of carbonyl (C=O) groups excluding carboxylic acids is 1. The number of hydrogen-bond donors (Lipinski definition) is 3. The van der Waals surface area contributed by atoms with Crippen molar-refractivity contribution in [1.82, 2.24) is 19.7 Å². The van der Waals surface area contributed by atoms with E-state index in [9.17, 15) is 14.0 Å². The summed E-state index contributed by atoms with van der Waals surface area (Å²) in [6.07, 6.45) is 1.53. The Morgan fingerprint density at radius 3 is 2.39 bits per heavy atom. The maximum Gasteiger partial charge on any atom is 0.263 e. The molecule has 2 aromatic carbocycles. The van der Waals surface area contributed by atoms with E-state index in [1.165, 1.54) is 30.5 Å². The van der Waals surface area contributed by atoms with Gasteiger partial charge in [0, 0.05) is 11.3 Å². The normalized spacial score (nSPS) is 12.5. The first-order valence-electron chi connectivity index (χ1n) is 10.5. The molecule has 0 aliphatic rings. The molecule has 1 amide bonds. The second kappa shape index (κ2) is 8.50. The second-order valence-corrected chi connectivity index (χ2v) is 8.83. The lowest BCUT2D eigenvalue weighted by Gasteiger charge is -2.20. The van der Waals surface area contributed by atoms with Gasteiger partial charge in [-0.2, -0.15) is 10.1 Å². The zero-order valence-electron chi connectivity index (χ0n) is 18.8. The van der Waals surface area contributed by atoms with Crippen molar-refractivity contribution in [3.8, 4) is 0 Å². The first-order chi connectivity index (χ1) is 15.6. The van der Waals surface area contributed by atoms with Crippen molar-refractivity contribution >= 4 is 28.6 Å². The quantitative estimate of drug-likeness (QED) is 0.419. The van der Waals surface area contributed by atoms with Crippen LogP contribution in [-0.4, -0.2) is 25.7 Å². The highest BCUT2D eigenvalue weighted by Gasteiger charge is 2.20. The van der Waals surface area contributed by atoms with E-state index >= 15 is 0 Å². The van der Waals surface area contributed by atoms with Crippen LogP contribution < -0.4 is 16.2 Å². The third-order valence-electron chi connectivity index (χ3n) is 5.20. The lowest BCUT2D eigenvalue weighted by atomic mass is 10.1. The van der Waals surface area contributed by atoms with Gasteiger partial charge in [-0.05, 0) is 69.7 Å². The van der Waals surface area contributed by atoms with Crippen LogP contribution in [0.2, 0.25) is 0 Å². The number of nitrogens with one attached hydrogen (secondary N) is 3. The average molecular weight is 449 g/mol. The molecule has 4 rings (SSSR count). The first-order valence-corrected chi connectivity index (χ1v) is 10.5. The third-order valence-corrected chi connectivity index (χ3v) is 5.20. The highest BCUT2D eigenvalue weighted by Crippen LogP contribution is 2.22. The van der Waals surface area contributed by atoms with Crippen LogP contribution in [0.3, 0.4) is 0 Å². The summed E-state index contributed by atoms with van der Waals surface area (Å²) < 4.78 is 14.8. The molecule has 0 aliphatic carbocycles. The summed E-state index contributed by atoms with van der Waals surface area (Å²) in [5.74, 6) is -0.366. The van der Waals surface area contributed by atoms with Crippen LogP contribution in [-0.2, 0) is 5.54 Å². The van der Waals surface area contributed by atoms with E-state index in [0.29, 0.717) is 28.2 Å². The van der Waals surface area contributed by atoms with Crippen molar-refractivity contribution in [1.29, 1.82) is 0 Å². The molecule has 2 aromatic heterocycles. The molecular formula is C24H25FN6O2. The van der Waals surface area contributed by atoms with Gasteiger partial charge in [0.05, 0.1) is 17.8 Å². The zero-order valence-corrected chi connectivity index (χ0v) is 18.8. The van der Waals surface area contributed by atoms with Gasteiger partial charge >= 0.3 is 0 Å². The summed E-state index contributed by atoms with van der Waals surface area (Å²) in [6, 6.07) is 12.5. The minimum absolute atomic E-state index is 0.168. The Morgan fingerprint density at radius 2 is 1.76 bits per heavy atom. The van der Waals surface area contributed by atoms with E-state index < -0.39 is 5.82 Å². The van der Waals surface area contributed by atoms with Gasteiger partial charge in [0.1, 0.15) is 11.2 Å². The standard InChI is InChI=1S/C24H25FN6O2/c1-14(27-23-29-20-19(22(33)30-23)13-26-31(20)24(2,3)4)15-7-11-18(12-8-15)28-21(32)16-5-9-17(25)10-6-16/h5-14H,1-4H3,(H,28,32)(H2,27,29,30,33). The number of amides is 1. The molecule has 0 saturated heterocycles. The summed E-state index contributed by atoms with van der Waals surface area (Å²) in [5.41, 5.74) is 1.85. The van der Waals surface area contributed by atoms with Gasteiger partial charge in [0.25, 0.3) is 11.5 Å². The fourth-order valence-electron chi connectivity index (χ4n) is 3.43. The molecule has 170 valence electrons. The SMILES string of the molecule is CC(Nc1nc2c(cnn2C(C)(C)C)c(=O)[nH]1)c1ccc(NC(=O)c2ccc(F)cc2)cc1. The lowest BCUT2D eigenvalue weighted by molar-refractivity contribution is 0.102. The molecule has 2 heterocycles. The van der Waals surface area contributed by atoms with Gasteiger partial charge in [-0.1, -0.05) is 12.1 Å². The van der Waals surface area contributed by atoms with Crippen LogP contribution in [0.5, 0.6) is 0 Å². The monoisotopic (exact) mass is 448 g/mol. The lowest BCUT2D eigenvalue weighted by Crippen LogP contribution is -2.24. The molecular weight excluding hydrogens is 423 g/mol. The number of halogens is 1. The Bertz CT molecular complexity index is 1350. The number of nitrogens with zero attached hydrogens (tertiary/aromatic N) is 3. The number of anilines is 2. The predicted octanol–water partition coefficient (Wildman–Crippen LogP) is 4.44. The van der Waals surface area contributed by atoms with Crippen LogP contribution in [0.1, 0.15) is 49.7 Å². The molecule has 0 saturated carbocycles. The Balaban J connectivity index is 1.49. The molecule has 0 bridgehead atoms. The van der Waals surface area contributed by atoms with E-state index in [1.807, 2.05) is 39.8 Å². The Morgan fingerprint density at radius 1 is 1.09 bits per heavy atom. The highest BCUT2D eigenvalue weighted by atomic mass is 19.1. The maximum atomic E-state index is 13.0. The number of aromatic nitrogens is 4. The Hall–Kier alpha value is -4.01. The predicted molar refractivity (Wildman–Crippen MR) is 126 cm³/mol. The van der Waals surface area contributed by atoms with Crippen LogP contribution in [0.25, 0.3) is 11.0 Å². The van der Waals surface area contributed by atoms with E-state index in [4.69, 9.17) is 0 Å². The number of benzene rings is 2. The minimum Gasteiger partial charge on any atom is -0.349 e. The van der Waals surface area contributed by atoms with Gasteiger partial charge in [0.15, 0.2) is 5.65 Å². The molecule has 1 unspecified atom stereocenters. The molecule has 0 spiro atoms. The molecule has 9 heteroatoms. The van der Waals surface area contributed by atoms with Crippen LogP contribution in [0.4, 0.5) is 16.0 Å². The van der Waals surface area contributed by atoms with Crippen molar-refractivity contribution in [3.63, 3.8) is 0 Å². The molecule has 4 aromatic rings. The molecule has 0 aliphatic heterocycles. The molecule has 8 nitrogen and oxygen atoms in total. The fourth-order valence-corrected chi connectivity index (χ4v) is 3.43. The molecule has 0 fully saturated rings. The van der Waals surface area contributed by atoms with Crippen molar-refractivity contribution < 1.29 is 9.18 Å². The van der Waals surface area contributed by atoms with Gasteiger partial charge < -0.3 is 10.6 Å². The molecule has 0 radical (unpaired) electrons. The highest BCUT2D eigenvalue weighted by molar-refractivity contribution is 6.04. The number of rotatable bonds is 5. The Kier molecular flexibility index (Phi) is 5.71. The van der Waals surface area contributed by atoms with E-state index in [-0.39, 0.29) is 23.0 Å². The largest absolute Gasteiger partial charge is 0.349 e. The summed E-state index contributed by atoms with van der Waals surface area (Å²) in [7, 11) is 0. The maximum absolute atomic E-state index is 13.0. The first kappa shape index (κ1) is 22.2. The summed E-state index contributed by atoms with van der Waals surface area (Å²) >= 11 is 0. The van der Waals surface area contributed by atoms with E-state index in [2.05, 4.69) is 25.7 Å². The smallest absolute Gasteiger partial charge is 0.263 e. The van der Waals surface area contributed by atoms with Crippen molar-refractivity contribution in [2.45, 2.75) is 39.3 Å². The summed E-state index contributed by atoms with van der Waals surface area (Å²) in [4.78, 5) is 32.1. The van der Waals surface area contributed by atoms with Crippen molar-refractivity contribution in [2.75, 3.05) is 10.6 Å². The average Bonchev–Trinajstić information content (AvgIpc) is 3.20. The van der Waals surface area contributed by atoms with Crippen LogP contribution in [0, 0.1) is 5.82 Å². The van der Waals surface area contributed by atoms with Gasteiger partial charge in [-0.3, -0.25) is 14.6 Å². The zero-order chi connectivity index (χ0) is 23.8. The van der Waals surface area contributed by atoms with Crippen molar-refractivity contribution in [2.24, 2.45) is 0 Å². The van der Waals surface area contributed by atoms with Crippen molar-refractivity contribution in [3.05, 3.63) is 82.0 Å². The number of hydrogen-bond acceptors (Lipinski definition) is 5. The molecule has 3 N–H and O–H groups in total. The number of aromatic amines is 1. The van der Waals surface area contributed by atoms with Gasteiger partial charge in [-0.15, -0.1) is 0 Å². The van der Waals surface area contributed by atoms with E-state index in [0.717, 1.165) is 5.56 Å². The van der Waals surface area contributed by atoms with Gasteiger partial charge in [-0.25, -0.2) is 9.07 Å².